The fourth-order valence-electron chi connectivity index (χ4n) is 1.15. The van der Waals surface area contributed by atoms with Gasteiger partial charge in [-0.2, -0.15) is 0 Å². The van der Waals surface area contributed by atoms with Crippen LogP contribution < -0.4 is 10.3 Å². The normalized spacial score (nSPS) is 11.2. The number of nitrogens with one attached hydrogen (secondary N) is 1. The maximum Gasteiger partial charge on any atom is 0.573 e. The third-order valence-corrected chi connectivity index (χ3v) is 2.41. The van der Waals surface area contributed by atoms with E-state index in [9.17, 15) is 22.8 Å². The molecule has 0 aromatic carbocycles. The number of carbonyl (C=O) groups excluding carboxylic acids is 1. The maximum atomic E-state index is 12.0. The van der Waals surface area contributed by atoms with Gasteiger partial charge in [0, 0.05) is 17.1 Å². The van der Waals surface area contributed by atoms with Gasteiger partial charge in [-0.1, -0.05) is 15.9 Å². The number of H-pyrrole nitrogens is 1. The van der Waals surface area contributed by atoms with E-state index in [1.54, 1.807) is 0 Å². The molecule has 1 rings (SSSR count). The first kappa shape index (κ1) is 14.6. The van der Waals surface area contributed by atoms with E-state index >= 15 is 0 Å². The first-order valence-corrected chi connectivity index (χ1v) is 5.57. The van der Waals surface area contributed by atoms with E-state index in [0.29, 0.717) is 6.07 Å². The van der Waals surface area contributed by atoms with Crippen LogP contribution in [0.5, 0.6) is 5.75 Å². The zero-order valence-corrected chi connectivity index (χ0v) is 10.5. The van der Waals surface area contributed by atoms with Crippen molar-refractivity contribution in [1.29, 1.82) is 0 Å². The van der Waals surface area contributed by atoms with Crippen molar-refractivity contribution in [3.05, 3.63) is 27.7 Å². The van der Waals surface area contributed by atoms with Crippen molar-refractivity contribution in [1.82, 2.24) is 4.98 Å². The van der Waals surface area contributed by atoms with Crippen molar-refractivity contribution in [2.45, 2.75) is 11.7 Å². The van der Waals surface area contributed by atoms with Gasteiger partial charge < -0.3 is 14.5 Å². The van der Waals surface area contributed by atoms with Crippen LogP contribution in [0.1, 0.15) is 16.1 Å². The van der Waals surface area contributed by atoms with Gasteiger partial charge in [-0.15, -0.1) is 13.2 Å². The predicted molar refractivity (Wildman–Crippen MR) is 57.7 cm³/mol. The Morgan fingerprint density at radius 1 is 1.50 bits per heavy atom. The number of hydrogen-bond acceptors (Lipinski definition) is 4. The van der Waals surface area contributed by atoms with Crippen LogP contribution >= 0.6 is 15.9 Å². The highest BCUT2D eigenvalue weighted by atomic mass is 79.9. The summed E-state index contributed by atoms with van der Waals surface area (Å²) in [5.74, 6) is -1.90. The third-order valence-electron chi connectivity index (χ3n) is 1.85. The lowest BCUT2D eigenvalue weighted by molar-refractivity contribution is -0.275. The number of carbonyl (C=O) groups is 1. The Kier molecular flexibility index (Phi) is 4.38. The number of rotatable bonds is 3. The number of pyridine rings is 1. The lowest BCUT2D eigenvalue weighted by atomic mass is 10.2. The Morgan fingerprint density at radius 3 is 2.56 bits per heavy atom. The standard InChI is InChI=1S/C9H7BrF3NO4/c1-17-8(16)4-2-6(18-9(11,12)13)7(15)14-5(4)3-10/h2H,3H2,1H3,(H,14,15). The van der Waals surface area contributed by atoms with Crippen molar-refractivity contribution < 1.29 is 27.4 Å². The van der Waals surface area contributed by atoms with Gasteiger partial charge in [0.25, 0.3) is 5.56 Å². The van der Waals surface area contributed by atoms with Crippen molar-refractivity contribution in [3.8, 4) is 5.75 Å². The van der Waals surface area contributed by atoms with E-state index in [2.05, 4.69) is 30.4 Å². The second kappa shape index (κ2) is 5.42. The summed E-state index contributed by atoms with van der Waals surface area (Å²) in [6.07, 6.45) is -5.02. The molecule has 0 aliphatic carbocycles. The molecule has 0 saturated carbocycles. The molecule has 18 heavy (non-hydrogen) atoms. The molecule has 9 heteroatoms. The maximum absolute atomic E-state index is 12.0. The molecule has 0 aliphatic rings. The van der Waals surface area contributed by atoms with Crippen molar-refractivity contribution in [2.75, 3.05) is 7.11 Å². The van der Waals surface area contributed by atoms with Crippen molar-refractivity contribution in [3.63, 3.8) is 0 Å². The van der Waals surface area contributed by atoms with Crippen LogP contribution in [0.4, 0.5) is 13.2 Å². The van der Waals surface area contributed by atoms with E-state index in [1.165, 1.54) is 0 Å². The van der Waals surface area contributed by atoms with E-state index < -0.39 is 23.6 Å². The topological polar surface area (TPSA) is 68.4 Å². The predicted octanol–water partition coefficient (Wildman–Crippen LogP) is 1.96. The quantitative estimate of drug-likeness (QED) is 0.680. The summed E-state index contributed by atoms with van der Waals surface area (Å²) < 4.78 is 43.9. The fraction of sp³-hybridized carbons (Fsp3) is 0.333. The highest BCUT2D eigenvalue weighted by Crippen LogP contribution is 2.22. The Labute approximate surface area is 107 Å². The van der Waals surface area contributed by atoms with Gasteiger partial charge in [0.2, 0.25) is 0 Å². The van der Waals surface area contributed by atoms with Gasteiger partial charge in [0.15, 0.2) is 5.75 Å². The summed E-state index contributed by atoms with van der Waals surface area (Å²) in [5.41, 5.74) is -1.20. The molecule has 0 amide bonds. The second-order valence-electron chi connectivity index (χ2n) is 3.03. The number of hydrogen-bond donors (Lipinski definition) is 1. The molecule has 1 N–H and O–H groups in total. The van der Waals surface area contributed by atoms with Crippen LogP contribution in [0.2, 0.25) is 0 Å². The number of ether oxygens (including phenoxy) is 2. The molecule has 0 saturated heterocycles. The largest absolute Gasteiger partial charge is 0.573 e. The molecular formula is C9H7BrF3NO4. The van der Waals surface area contributed by atoms with Crippen LogP contribution in [-0.2, 0) is 10.1 Å². The number of aromatic nitrogens is 1. The van der Waals surface area contributed by atoms with Gasteiger partial charge in [0.1, 0.15) is 0 Å². The number of methoxy groups -OCH3 is 1. The minimum absolute atomic E-state index is 0.0684. The van der Waals surface area contributed by atoms with Crippen molar-refractivity contribution in [2.24, 2.45) is 0 Å². The summed E-state index contributed by atoms with van der Waals surface area (Å²) in [6.45, 7) is 0. The second-order valence-corrected chi connectivity index (χ2v) is 3.59. The Hall–Kier alpha value is -1.51. The summed E-state index contributed by atoms with van der Waals surface area (Å²) in [4.78, 5) is 24.7. The first-order chi connectivity index (χ1) is 8.28. The van der Waals surface area contributed by atoms with E-state index in [1.807, 2.05) is 0 Å². The molecule has 0 radical (unpaired) electrons. The SMILES string of the molecule is COC(=O)c1cc(OC(F)(F)F)c(=O)[nH]c1CBr. The lowest BCUT2D eigenvalue weighted by Crippen LogP contribution is -2.24. The number of halogens is 4. The summed E-state index contributed by atoms with van der Waals surface area (Å²) >= 11 is 2.99. The molecule has 1 heterocycles. The number of alkyl halides is 4. The van der Waals surface area contributed by atoms with Gasteiger partial charge in [-0.3, -0.25) is 4.79 Å². The van der Waals surface area contributed by atoms with Gasteiger partial charge in [-0.25, -0.2) is 4.79 Å². The molecule has 0 spiro atoms. The number of esters is 1. The van der Waals surface area contributed by atoms with Crippen LogP contribution in [0.3, 0.4) is 0 Å². The molecule has 0 bridgehead atoms. The summed E-state index contributed by atoms with van der Waals surface area (Å²) in [7, 11) is 1.07. The molecule has 0 unspecified atom stereocenters. The smallest absolute Gasteiger partial charge is 0.465 e. The highest BCUT2D eigenvalue weighted by Gasteiger charge is 2.33. The zero-order valence-electron chi connectivity index (χ0n) is 8.93. The summed E-state index contributed by atoms with van der Waals surface area (Å²) in [6, 6.07) is 0.689. The Balaban J connectivity index is 3.30. The van der Waals surface area contributed by atoms with Gasteiger partial charge in [-0.05, 0) is 0 Å². The van der Waals surface area contributed by atoms with Crippen LogP contribution in [0, 0.1) is 0 Å². The first-order valence-electron chi connectivity index (χ1n) is 4.44. The lowest BCUT2D eigenvalue weighted by Gasteiger charge is -2.10. The van der Waals surface area contributed by atoms with Crippen LogP contribution in [0.25, 0.3) is 0 Å². The minimum atomic E-state index is -5.02. The molecule has 0 fully saturated rings. The molecule has 0 aliphatic heterocycles. The highest BCUT2D eigenvalue weighted by molar-refractivity contribution is 9.08. The Bertz CT molecular complexity index is 512. The van der Waals surface area contributed by atoms with E-state index in [0.717, 1.165) is 7.11 Å². The number of aromatic amines is 1. The Morgan fingerprint density at radius 2 is 2.11 bits per heavy atom. The molecule has 1 aromatic rings. The van der Waals surface area contributed by atoms with E-state index in [4.69, 9.17) is 0 Å². The average molecular weight is 330 g/mol. The van der Waals surface area contributed by atoms with Crippen LogP contribution in [-0.4, -0.2) is 24.4 Å². The fourth-order valence-corrected chi connectivity index (χ4v) is 1.59. The van der Waals surface area contributed by atoms with Crippen LogP contribution in [0.15, 0.2) is 10.9 Å². The van der Waals surface area contributed by atoms with Gasteiger partial charge >= 0.3 is 12.3 Å². The van der Waals surface area contributed by atoms with Crippen molar-refractivity contribution >= 4 is 21.9 Å². The van der Waals surface area contributed by atoms with E-state index in [-0.39, 0.29) is 16.6 Å². The molecule has 5 nitrogen and oxygen atoms in total. The molecule has 100 valence electrons. The monoisotopic (exact) mass is 329 g/mol. The zero-order chi connectivity index (χ0) is 13.9. The average Bonchev–Trinajstić information content (AvgIpc) is 2.28. The molecular weight excluding hydrogens is 323 g/mol. The molecule has 0 atom stereocenters. The van der Waals surface area contributed by atoms with Gasteiger partial charge in [0.05, 0.1) is 12.7 Å². The minimum Gasteiger partial charge on any atom is -0.465 e. The third kappa shape index (κ3) is 3.49. The molecule has 1 aromatic heterocycles. The summed E-state index contributed by atoms with van der Waals surface area (Å²) in [5, 5.41) is 0.0684.